The van der Waals surface area contributed by atoms with Crippen molar-refractivity contribution >= 4 is 38.9 Å². The molecule has 0 unspecified atom stereocenters. The van der Waals surface area contributed by atoms with Gasteiger partial charge in [0.05, 0.1) is 17.6 Å². The molecule has 3 rings (SSSR count). The lowest BCUT2D eigenvalue weighted by atomic mass is 9.98. The van der Waals surface area contributed by atoms with E-state index in [0.717, 1.165) is 42.5 Å². The van der Waals surface area contributed by atoms with E-state index in [1.54, 1.807) is 23.1 Å². The number of anilines is 3. The number of carbonyl (C=O) groups excluding carboxylic acids is 2. The highest BCUT2D eigenvalue weighted by Crippen LogP contribution is 2.29. The summed E-state index contributed by atoms with van der Waals surface area (Å²) in [4.78, 5) is 26.3. The fourth-order valence-electron chi connectivity index (χ4n) is 3.18. The molecule has 2 aromatic carbocycles. The van der Waals surface area contributed by atoms with Gasteiger partial charge < -0.3 is 10.2 Å². The minimum Gasteiger partial charge on any atom is -0.320 e. The van der Waals surface area contributed by atoms with Gasteiger partial charge in [0.15, 0.2) is 0 Å². The Hall–Kier alpha value is -3.20. The number of rotatable bonds is 5. The summed E-state index contributed by atoms with van der Waals surface area (Å²) in [5.41, 5.74) is 1.99. The number of hydrogen-bond acceptors (Lipinski definition) is 4. The summed E-state index contributed by atoms with van der Waals surface area (Å²) >= 11 is 0. The third-order valence-corrected chi connectivity index (χ3v) is 5.02. The van der Waals surface area contributed by atoms with Crippen molar-refractivity contribution in [3.63, 3.8) is 0 Å². The summed E-state index contributed by atoms with van der Waals surface area (Å²) in [5, 5.41) is 2.60. The molecule has 1 aliphatic rings. The largest absolute Gasteiger partial charge is 0.320 e. The minimum atomic E-state index is -3.66. The Morgan fingerprint density at radius 1 is 1.17 bits per heavy atom. The summed E-state index contributed by atoms with van der Waals surface area (Å²) in [6, 6.07) is 8.36. The molecule has 7 nitrogen and oxygen atoms in total. The van der Waals surface area contributed by atoms with E-state index in [9.17, 15) is 22.4 Å². The predicted octanol–water partition coefficient (Wildman–Crippen LogP) is 2.91. The van der Waals surface area contributed by atoms with Crippen molar-refractivity contribution < 1.29 is 22.4 Å². The van der Waals surface area contributed by atoms with Gasteiger partial charge in [0.25, 0.3) is 5.91 Å². The van der Waals surface area contributed by atoms with Crippen molar-refractivity contribution in [1.29, 1.82) is 0 Å². The highest BCUT2D eigenvalue weighted by atomic mass is 32.2. The molecule has 0 fully saturated rings. The molecule has 0 aromatic heterocycles. The Balaban J connectivity index is 1.87. The van der Waals surface area contributed by atoms with E-state index in [-0.39, 0.29) is 17.3 Å². The molecular formula is C20H20FN3O4S. The topological polar surface area (TPSA) is 95.6 Å². The molecule has 0 saturated carbocycles. The number of benzene rings is 2. The van der Waals surface area contributed by atoms with Crippen LogP contribution in [0, 0.1) is 5.82 Å². The molecule has 2 N–H and O–H groups in total. The highest BCUT2D eigenvalue weighted by molar-refractivity contribution is 7.92. The summed E-state index contributed by atoms with van der Waals surface area (Å²) in [5.74, 6) is -1.33. The van der Waals surface area contributed by atoms with Crippen LogP contribution in [0.15, 0.2) is 49.1 Å². The number of nitrogens with zero attached hydrogens (tertiary/aromatic N) is 1. The minimum absolute atomic E-state index is 0.0680. The third kappa shape index (κ3) is 4.80. The third-order valence-electron chi connectivity index (χ3n) is 4.43. The second kappa shape index (κ2) is 8.04. The maximum atomic E-state index is 13.5. The molecule has 152 valence electrons. The van der Waals surface area contributed by atoms with Gasteiger partial charge in [-0.15, -0.1) is 0 Å². The van der Waals surface area contributed by atoms with Gasteiger partial charge in [-0.05, 0) is 54.8 Å². The normalized spacial score (nSPS) is 13.4. The first kappa shape index (κ1) is 20.5. The van der Waals surface area contributed by atoms with E-state index in [2.05, 4.69) is 16.6 Å². The van der Waals surface area contributed by atoms with Crippen LogP contribution in [-0.2, 0) is 21.2 Å². The van der Waals surface area contributed by atoms with Crippen molar-refractivity contribution in [3.8, 4) is 0 Å². The van der Waals surface area contributed by atoms with Gasteiger partial charge in [0, 0.05) is 23.9 Å². The molecule has 9 heteroatoms. The Bertz CT molecular complexity index is 1100. The number of sulfonamides is 1. The molecule has 1 heterocycles. The first-order valence-electron chi connectivity index (χ1n) is 8.83. The standard InChI is InChI=1S/C20H20FN3O4S/c1-3-19(25)24-10-4-5-13-11-14(6-9-18(13)24)20(26)22-16-8-7-15(21)12-17(16)23-29(2,27)28/h3,6-9,11-12,23H,1,4-5,10H2,2H3,(H,22,26). The van der Waals surface area contributed by atoms with E-state index in [1.165, 1.54) is 12.1 Å². The molecule has 0 atom stereocenters. The van der Waals surface area contributed by atoms with Crippen LogP contribution in [0.4, 0.5) is 21.5 Å². The second-order valence-corrected chi connectivity index (χ2v) is 8.41. The van der Waals surface area contributed by atoms with Crippen LogP contribution in [0.3, 0.4) is 0 Å². The SMILES string of the molecule is C=CC(=O)N1CCCc2cc(C(=O)Nc3ccc(F)cc3NS(C)(=O)=O)ccc21. The van der Waals surface area contributed by atoms with Crippen LogP contribution in [-0.4, -0.2) is 33.0 Å². The molecule has 0 radical (unpaired) electrons. The van der Waals surface area contributed by atoms with Gasteiger partial charge >= 0.3 is 0 Å². The first-order chi connectivity index (χ1) is 13.7. The number of amides is 2. The first-order valence-corrected chi connectivity index (χ1v) is 10.7. The van der Waals surface area contributed by atoms with Gasteiger partial charge in [-0.3, -0.25) is 14.3 Å². The monoisotopic (exact) mass is 417 g/mol. The lowest BCUT2D eigenvalue weighted by Gasteiger charge is -2.29. The van der Waals surface area contributed by atoms with E-state index >= 15 is 0 Å². The fraction of sp³-hybridized carbons (Fsp3) is 0.200. The molecular weight excluding hydrogens is 397 g/mol. The average molecular weight is 417 g/mol. The molecule has 0 spiro atoms. The zero-order valence-electron chi connectivity index (χ0n) is 15.7. The lowest BCUT2D eigenvalue weighted by molar-refractivity contribution is -0.114. The number of carbonyl (C=O) groups is 2. The molecule has 29 heavy (non-hydrogen) atoms. The average Bonchev–Trinajstić information content (AvgIpc) is 2.67. The van der Waals surface area contributed by atoms with Gasteiger partial charge in [0.1, 0.15) is 5.82 Å². The smallest absolute Gasteiger partial charge is 0.255 e. The highest BCUT2D eigenvalue weighted by Gasteiger charge is 2.22. The quantitative estimate of drug-likeness (QED) is 0.732. The van der Waals surface area contributed by atoms with Gasteiger partial charge in [0.2, 0.25) is 15.9 Å². The lowest BCUT2D eigenvalue weighted by Crippen LogP contribution is -2.34. The second-order valence-electron chi connectivity index (χ2n) is 6.66. The van der Waals surface area contributed by atoms with Crippen molar-refractivity contribution in [2.75, 3.05) is 27.7 Å². The van der Waals surface area contributed by atoms with Crippen molar-refractivity contribution in [1.82, 2.24) is 0 Å². The number of aryl methyl sites for hydroxylation is 1. The van der Waals surface area contributed by atoms with E-state index in [1.807, 2.05) is 0 Å². The summed E-state index contributed by atoms with van der Waals surface area (Å²) in [7, 11) is -3.66. The number of nitrogens with one attached hydrogen (secondary N) is 2. The zero-order chi connectivity index (χ0) is 21.2. The van der Waals surface area contributed by atoms with Crippen LogP contribution in [0.5, 0.6) is 0 Å². The summed E-state index contributed by atoms with van der Waals surface area (Å²) in [6.07, 6.45) is 3.66. The van der Waals surface area contributed by atoms with E-state index < -0.39 is 21.7 Å². The van der Waals surface area contributed by atoms with Crippen LogP contribution in [0.1, 0.15) is 22.3 Å². The summed E-state index contributed by atoms with van der Waals surface area (Å²) < 4.78 is 38.7. The van der Waals surface area contributed by atoms with Crippen LogP contribution < -0.4 is 14.9 Å². The zero-order valence-corrected chi connectivity index (χ0v) is 16.6. The van der Waals surface area contributed by atoms with Crippen LogP contribution >= 0.6 is 0 Å². The van der Waals surface area contributed by atoms with Crippen molar-refractivity contribution in [2.24, 2.45) is 0 Å². The van der Waals surface area contributed by atoms with Gasteiger partial charge in [-0.1, -0.05) is 6.58 Å². The molecule has 0 bridgehead atoms. The van der Waals surface area contributed by atoms with Gasteiger partial charge in [-0.2, -0.15) is 0 Å². The fourth-order valence-corrected chi connectivity index (χ4v) is 3.75. The Kier molecular flexibility index (Phi) is 5.69. The van der Waals surface area contributed by atoms with Crippen molar-refractivity contribution in [3.05, 3.63) is 66.0 Å². The number of fused-ring (bicyclic) bond motifs is 1. The number of halogens is 1. The van der Waals surface area contributed by atoms with Gasteiger partial charge in [-0.25, -0.2) is 12.8 Å². The van der Waals surface area contributed by atoms with Crippen LogP contribution in [0.2, 0.25) is 0 Å². The Morgan fingerprint density at radius 2 is 1.93 bits per heavy atom. The Labute approximate surface area is 168 Å². The maximum Gasteiger partial charge on any atom is 0.255 e. The number of hydrogen-bond donors (Lipinski definition) is 2. The van der Waals surface area contributed by atoms with Crippen LogP contribution in [0.25, 0.3) is 0 Å². The predicted molar refractivity (Wildman–Crippen MR) is 110 cm³/mol. The maximum absolute atomic E-state index is 13.5. The molecule has 0 aliphatic carbocycles. The van der Waals surface area contributed by atoms with E-state index in [4.69, 9.17) is 0 Å². The molecule has 1 aliphatic heterocycles. The van der Waals surface area contributed by atoms with Crippen molar-refractivity contribution in [2.45, 2.75) is 12.8 Å². The van der Waals surface area contributed by atoms with E-state index in [0.29, 0.717) is 12.1 Å². The molecule has 2 aromatic rings. The summed E-state index contributed by atoms with van der Waals surface area (Å²) in [6.45, 7) is 4.09. The molecule has 0 saturated heterocycles. The Morgan fingerprint density at radius 3 is 2.62 bits per heavy atom. The molecule has 2 amide bonds.